The van der Waals surface area contributed by atoms with Gasteiger partial charge in [0.05, 0.1) is 27.0 Å². The van der Waals surface area contributed by atoms with Crippen molar-refractivity contribution in [3.05, 3.63) is 95.9 Å². The number of thiazole rings is 1. The highest BCUT2D eigenvalue weighted by molar-refractivity contribution is 8.01. The molecular weight excluding hydrogens is 470 g/mol. The topological polar surface area (TPSA) is 85.1 Å². The average molecular weight is 490 g/mol. The van der Waals surface area contributed by atoms with Crippen LogP contribution in [-0.4, -0.2) is 13.4 Å². The van der Waals surface area contributed by atoms with Crippen molar-refractivity contribution in [1.29, 1.82) is 0 Å². The molecule has 0 bridgehead atoms. The molecule has 8 heteroatoms. The maximum Gasteiger partial charge on any atom is 0.255 e. The summed E-state index contributed by atoms with van der Waals surface area (Å²) in [5.74, 6) is 0. The number of rotatable bonds is 6. The van der Waals surface area contributed by atoms with Crippen molar-refractivity contribution in [3.8, 4) is 0 Å². The number of sulfonamides is 1. The van der Waals surface area contributed by atoms with Gasteiger partial charge in [-0.2, -0.15) is 0 Å². The van der Waals surface area contributed by atoms with Gasteiger partial charge in [-0.15, -0.1) is 11.3 Å². The van der Waals surface area contributed by atoms with Crippen LogP contribution in [0.25, 0.3) is 27.1 Å². The molecule has 3 N–H and O–H groups in total. The van der Waals surface area contributed by atoms with Crippen LogP contribution < -0.4 is 10.5 Å². The minimum absolute atomic E-state index is 0.473. The largest absolute Gasteiger partial charge is 0.397 e. The van der Waals surface area contributed by atoms with Crippen LogP contribution in [0.2, 0.25) is 0 Å². The van der Waals surface area contributed by atoms with E-state index in [1.807, 2.05) is 78.9 Å². The minimum atomic E-state index is -3.74. The lowest BCUT2D eigenvalue weighted by molar-refractivity contribution is 0.609. The Labute approximate surface area is 200 Å². The zero-order valence-corrected chi connectivity index (χ0v) is 19.8. The van der Waals surface area contributed by atoms with E-state index in [1.165, 1.54) is 17.2 Å². The fourth-order valence-electron chi connectivity index (χ4n) is 3.45. The van der Waals surface area contributed by atoms with Gasteiger partial charge < -0.3 is 5.73 Å². The van der Waals surface area contributed by atoms with Crippen LogP contribution in [0.1, 0.15) is 5.56 Å². The number of fused-ring (bicyclic) bond motifs is 2. The van der Waals surface area contributed by atoms with Gasteiger partial charge in [0.2, 0.25) is 0 Å². The maximum atomic E-state index is 12.8. The standard InChI is InChI=1S/C25H19N3O2S3/c26-24-19-11-5-4-10-18(19)21(28-33(29,30)15-14-17-8-2-1-3-9-17)16-23(24)32-25-27-20-12-6-7-13-22(20)31-25/h1-16,28H,26H2/b15-14+. The highest BCUT2D eigenvalue weighted by Gasteiger charge is 2.16. The van der Waals surface area contributed by atoms with Gasteiger partial charge in [0.15, 0.2) is 4.34 Å². The van der Waals surface area contributed by atoms with Crippen molar-refractivity contribution < 1.29 is 8.42 Å². The zero-order chi connectivity index (χ0) is 22.8. The number of anilines is 2. The highest BCUT2D eigenvalue weighted by Crippen LogP contribution is 2.42. The molecule has 0 saturated heterocycles. The summed E-state index contributed by atoms with van der Waals surface area (Å²) < 4.78 is 30.3. The van der Waals surface area contributed by atoms with E-state index in [2.05, 4.69) is 9.71 Å². The Kier molecular flexibility index (Phi) is 5.80. The molecule has 0 spiro atoms. The lowest BCUT2D eigenvalue weighted by Gasteiger charge is -2.14. The summed E-state index contributed by atoms with van der Waals surface area (Å²) in [5.41, 5.74) is 9.29. The molecule has 33 heavy (non-hydrogen) atoms. The van der Waals surface area contributed by atoms with Gasteiger partial charge >= 0.3 is 0 Å². The maximum absolute atomic E-state index is 12.8. The van der Waals surface area contributed by atoms with Crippen molar-refractivity contribution in [3.63, 3.8) is 0 Å². The lowest BCUT2D eigenvalue weighted by Crippen LogP contribution is -2.10. The number of hydrogen-bond donors (Lipinski definition) is 2. The van der Waals surface area contributed by atoms with Crippen LogP contribution in [-0.2, 0) is 10.0 Å². The van der Waals surface area contributed by atoms with Crippen molar-refractivity contribution in [1.82, 2.24) is 4.98 Å². The monoisotopic (exact) mass is 489 g/mol. The van der Waals surface area contributed by atoms with Crippen molar-refractivity contribution in [2.45, 2.75) is 9.24 Å². The molecule has 5 nitrogen and oxygen atoms in total. The van der Waals surface area contributed by atoms with E-state index in [-0.39, 0.29) is 0 Å². The van der Waals surface area contributed by atoms with Crippen LogP contribution in [0.3, 0.4) is 0 Å². The quantitative estimate of drug-likeness (QED) is 0.263. The van der Waals surface area contributed by atoms with E-state index in [4.69, 9.17) is 5.73 Å². The second kappa shape index (κ2) is 8.90. The average Bonchev–Trinajstić information content (AvgIpc) is 3.24. The predicted molar refractivity (Wildman–Crippen MR) is 140 cm³/mol. The summed E-state index contributed by atoms with van der Waals surface area (Å²) in [6, 6.07) is 26.5. The van der Waals surface area contributed by atoms with Gasteiger partial charge in [-0.1, -0.05) is 78.5 Å². The number of nitrogen functional groups attached to an aromatic ring is 1. The number of benzene rings is 4. The molecule has 0 saturated carbocycles. The summed E-state index contributed by atoms with van der Waals surface area (Å²) >= 11 is 3.01. The molecule has 4 aromatic carbocycles. The van der Waals surface area contributed by atoms with Gasteiger partial charge in [-0.05, 0) is 29.8 Å². The number of nitrogens with one attached hydrogen (secondary N) is 1. The summed E-state index contributed by atoms with van der Waals surface area (Å²) in [4.78, 5) is 5.42. The molecule has 164 valence electrons. The molecule has 0 amide bonds. The Morgan fingerprint density at radius 1 is 0.909 bits per heavy atom. The Bertz CT molecular complexity index is 1560. The van der Waals surface area contributed by atoms with E-state index < -0.39 is 10.0 Å². The van der Waals surface area contributed by atoms with Gasteiger partial charge in [0, 0.05) is 15.7 Å². The van der Waals surface area contributed by atoms with Crippen molar-refractivity contribution in [2.75, 3.05) is 10.5 Å². The lowest BCUT2D eigenvalue weighted by atomic mass is 10.1. The van der Waals surface area contributed by atoms with Crippen molar-refractivity contribution >= 4 is 71.6 Å². The van der Waals surface area contributed by atoms with Gasteiger partial charge in [-0.3, -0.25) is 4.72 Å². The van der Waals surface area contributed by atoms with Crippen LogP contribution in [0.15, 0.2) is 99.6 Å². The molecular formula is C25H19N3O2S3. The third-order valence-corrected chi connectivity index (χ3v) is 8.16. The number of aromatic nitrogens is 1. The minimum Gasteiger partial charge on any atom is -0.397 e. The van der Waals surface area contributed by atoms with Gasteiger partial charge in [0.25, 0.3) is 10.0 Å². The van der Waals surface area contributed by atoms with Crippen molar-refractivity contribution in [2.24, 2.45) is 0 Å². The third kappa shape index (κ3) is 4.73. The summed E-state index contributed by atoms with van der Waals surface area (Å²) in [6.45, 7) is 0. The number of nitrogens with zero attached hydrogens (tertiary/aromatic N) is 1. The molecule has 0 aliphatic rings. The molecule has 0 atom stereocenters. The number of hydrogen-bond acceptors (Lipinski definition) is 6. The zero-order valence-electron chi connectivity index (χ0n) is 17.3. The number of nitrogens with two attached hydrogens (primary N) is 1. The first-order chi connectivity index (χ1) is 16.0. The van der Waals surface area contributed by atoms with E-state index >= 15 is 0 Å². The first kappa shape index (κ1) is 21.5. The molecule has 0 unspecified atom stereocenters. The second-order valence-electron chi connectivity index (χ2n) is 7.29. The van der Waals surface area contributed by atoms with E-state index in [9.17, 15) is 8.42 Å². The predicted octanol–water partition coefficient (Wildman–Crippen LogP) is 6.60. The smallest absolute Gasteiger partial charge is 0.255 e. The van der Waals surface area contributed by atoms with Gasteiger partial charge in [-0.25, -0.2) is 13.4 Å². The summed E-state index contributed by atoms with van der Waals surface area (Å²) in [5, 5.41) is 2.70. The Balaban J connectivity index is 1.52. The summed E-state index contributed by atoms with van der Waals surface area (Å²) in [6.07, 6.45) is 1.57. The van der Waals surface area contributed by atoms with Crippen LogP contribution >= 0.6 is 23.1 Å². The van der Waals surface area contributed by atoms with Gasteiger partial charge in [0.1, 0.15) is 0 Å². The third-order valence-electron chi connectivity index (χ3n) is 5.01. The molecule has 0 radical (unpaired) electrons. The fourth-order valence-corrected chi connectivity index (χ4v) is 6.46. The van der Waals surface area contributed by atoms with E-state index in [0.717, 1.165) is 35.8 Å². The highest BCUT2D eigenvalue weighted by atomic mass is 32.2. The molecule has 0 aliphatic carbocycles. The molecule has 5 aromatic rings. The molecule has 1 aromatic heterocycles. The van der Waals surface area contributed by atoms with E-state index in [1.54, 1.807) is 23.5 Å². The summed E-state index contributed by atoms with van der Waals surface area (Å²) in [7, 11) is -3.74. The van der Waals surface area contributed by atoms with Crippen LogP contribution in [0, 0.1) is 0 Å². The number of para-hydroxylation sites is 1. The van der Waals surface area contributed by atoms with Crippen LogP contribution in [0.5, 0.6) is 0 Å². The fraction of sp³-hybridized carbons (Fsp3) is 0. The van der Waals surface area contributed by atoms with Crippen LogP contribution in [0.4, 0.5) is 11.4 Å². The molecule has 0 aliphatic heterocycles. The second-order valence-corrected chi connectivity index (χ2v) is 11.2. The normalized spacial score (nSPS) is 12.0. The first-order valence-corrected chi connectivity index (χ1v) is 13.3. The first-order valence-electron chi connectivity index (χ1n) is 10.1. The Morgan fingerprint density at radius 2 is 1.61 bits per heavy atom. The molecule has 1 heterocycles. The molecule has 5 rings (SSSR count). The SMILES string of the molecule is Nc1c(Sc2nc3ccccc3s2)cc(NS(=O)(=O)/C=C/c2ccccc2)c2ccccc12. The Hall–Kier alpha value is -3.33. The van der Waals surface area contributed by atoms with E-state index in [0.29, 0.717) is 11.4 Å². The Morgan fingerprint density at radius 3 is 2.39 bits per heavy atom. The molecule has 0 fully saturated rings.